The molecule has 1 aromatic heterocycles. The first-order chi connectivity index (χ1) is 5.11. The molecular formula is C5H2ClFN2O2. The maximum atomic E-state index is 12.2. The molecule has 0 saturated heterocycles. The second kappa shape index (κ2) is 2.79. The van der Waals surface area contributed by atoms with Crippen LogP contribution >= 0.6 is 11.6 Å². The maximum Gasteiger partial charge on any atom is 0.294 e. The van der Waals surface area contributed by atoms with Gasteiger partial charge in [0.15, 0.2) is 0 Å². The van der Waals surface area contributed by atoms with E-state index in [4.69, 9.17) is 11.6 Å². The Bertz CT molecular complexity index is 305. The fraction of sp³-hybridized carbons (Fsp3) is 0. The third-order valence-corrected chi connectivity index (χ3v) is 1.29. The minimum absolute atomic E-state index is 0.170. The second-order valence-corrected chi connectivity index (χ2v) is 2.12. The van der Waals surface area contributed by atoms with Gasteiger partial charge in [0, 0.05) is 0 Å². The van der Waals surface area contributed by atoms with Crippen molar-refractivity contribution in [1.82, 2.24) is 4.98 Å². The molecule has 0 saturated carbocycles. The van der Waals surface area contributed by atoms with E-state index in [1.807, 2.05) is 0 Å². The summed E-state index contributed by atoms with van der Waals surface area (Å²) in [7, 11) is 0. The van der Waals surface area contributed by atoms with Crippen molar-refractivity contribution in [3.05, 3.63) is 33.3 Å². The Morgan fingerprint density at radius 1 is 1.73 bits per heavy atom. The van der Waals surface area contributed by atoms with Crippen molar-refractivity contribution in [2.24, 2.45) is 0 Å². The van der Waals surface area contributed by atoms with Crippen molar-refractivity contribution in [2.45, 2.75) is 0 Å². The van der Waals surface area contributed by atoms with E-state index in [0.29, 0.717) is 6.07 Å². The summed E-state index contributed by atoms with van der Waals surface area (Å²) in [5.74, 6) is -0.916. The summed E-state index contributed by atoms with van der Waals surface area (Å²) in [5.41, 5.74) is -0.473. The molecule has 4 nitrogen and oxygen atoms in total. The predicted molar refractivity (Wildman–Crippen MR) is 35.9 cm³/mol. The standard InChI is InChI=1S/C5H2ClFN2O2/c6-3-2-8-5(7)1-4(3)9(10)11/h1-2H. The molecule has 58 valence electrons. The van der Waals surface area contributed by atoms with Crippen molar-refractivity contribution in [1.29, 1.82) is 0 Å². The zero-order valence-electron chi connectivity index (χ0n) is 5.12. The SMILES string of the molecule is O=[N+]([O-])c1cc(F)ncc1Cl. The lowest BCUT2D eigenvalue weighted by atomic mass is 10.4. The van der Waals surface area contributed by atoms with Gasteiger partial charge in [-0.15, -0.1) is 0 Å². The summed E-state index contributed by atoms with van der Waals surface area (Å²) in [4.78, 5) is 12.4. The third-order valence-electron chi connectivity index (χ3n) is 0.998. The Hall–Kier alpha value is -1.23. The van der Waals surface area contributed by atoms with Crippen molar-refractivity contribution in [3.63, 3.8) is 0 Å². The average molecular weight is 177 g/mol. The first kappa shape index (κ1) is 7.87. The highest BCUT2D eigenvalue weighted by Gasteiger charge is 2.13. The van der Waals surface area contributed by atoms with Crippen LogP contribution in [0.2, 0.25) is 5.02 Å². The highest BCUT2D eigenvalue weighted by atomic mass is 35.5. The lowest BCUT2D eigenvalue weighted by molar-refractivity contribution is -0.385. The van der Waals surface area contributed by atoms with Crippen LogP contribution in [-0.2, 0) is 0 Å². The van der Waals surface area contributed by atoms with Crippen LogP contribution in [0.5, 0.6) is 0 Å². The Morgan fingerprint density at radius 2 is 2.36 bits per heavy atom. The van der Waals surface area contributed by atoms with Crippen LogP contribution in [0.25, 0.3) is 0 Å². The number of halogens is 2. The molecule has 0 spiro atoms. The van der Waals surface area contributed by atoms with Gasteiger partial charge >= 0.3 is 0 Å². The van der Waals surface area contributed by atoms with Gasteiger partial charge in [0.25, 0.3) is 5.69 Å². The van der Waals surface area contributed by atoms with E-state index in [-0.39, 0.29) is 5.02 Å². The van der Waals surface area contributed by atoms with E-state index in [1.165, 1.54) is 0 Å². The molecule has 0 atom stereocenters. The third kappa shape index (κ3) is 1.62. The molecule has 0 aromatic carbocycles. The molecule has 6 heteroatoms. The van der Waals surface area contributed by atoms with Crippen molar-refractivity contribution in [3.8, 4) is 0 Å². The number of hydrogen-bond acceptors (Lipinski definition) is 3. The van der Waals surface area contributed by atoms with E-state index in [0.717, 1.165) is 6.20 Å². The molecule has 0 bridgehead atoms. The van der Waals surface area contributed by atoms with Gasteiger partial charge in [-0.3, -0.25) is 10.1 Å². The topological polar surface area (TPSA) is 56.0 Å². The number of aromatic nitrogens is 1. The van der Waals surface area contributed by atoms with E-state index < -0.39 is 16.6 Å². The van der Waals surface area contributed by atoms with E-state index >= 15 is 0 Å². The predicted octanol–water partition coefficient (Wildman–Crippen LogP) is 1.78. The zero-order valence-corrected chi connectivity index (χ0v) is 5.88. The number of rotatable bonds is 1. The Balaban J connectivity index is 3.23. The molecule has 0 fully saturated rings. The number of nitro groups is 1. The fourth-order valence-electron chi connectivity index (χ4n) is 0.543. The summed E-state index contributed by atoms with van der Waals surface area (Å²) in [6.45, 7) is 0. The minimum Gasteiger partial charge on any atom is -0.258 e. The molecule has 0 N–H and O–H groups in total. The molecule has 11 heavy (non-hydrogen) atoms. The Morgan fingerprint density at radius 3 is 2.82 bits per heavy atom. The van der Waals surface area contributed by atoms with Gasteiger partial charge < -0.3 is 0 Å². The smallest absolute Gasteiger partial charge is 0.258 e. The molecule has 0 amide bonds. The van der Waals surface area contributed by atoms with Crippen LogP contribution in [0.4, 0.5) is 10.1 Å². The van der Waals surface area contributed by atoms with Crippen LogP contribution in [0.1, 0.15) is 0 Å². The summed E-state index contributed by atoms with van der Waals surface area (Å²) >= 11 is 5.32. The van der Waals surface area contributed by atoms with Crippen molar-refractivity contribution < 1.29 is 9.31 Å². The highest BCUT2D eigenvalue weighted by Crippen LogP contribution is 2.22. The molecule has 1 aromatic rings. The number of nitrogens with zero attached hydrogens (tertiary/aromatic N) is 2. The summed E-state index contributed by atoms with van der Waals surface area (Å²) in [6, 6.07) is 0.669. The molecule has 1 heterocycles. The lowest BCUT2D eigenvalue weighted by Crippen LogP contribution is -1.91. The van der Waals surface area contributed by atoms with Gasteiger partial charge in [0.2, 0.25) is 5.95 Å². The molecule has 0 unspecified atom stereocenters. The first-order valence-corrected chi connectivity index (χ1v) is 2.94. The van der Waals surface area contributed by atoms with E-state index in [9.17, 15) is 14.5 Å². The Kier molecular flexibility index (Phi) is 2.00. The monoisotopic (exact) mass is 176 g/mol. The van der Waals surface area contributed by atoms with Gasteiger partial charge in [-0.2, -0.15) is 4.39 Å². The van der Waals surface area contributed by atoms with Crippen LogP contribution in [-0.4, -0.2) is 9.91 Å². The average Bonchev–Trinajstić information content (AvgIpc) is 1.94. The molecular weight excluding hydrogens is 175 g/mol. The summed E-state index contributed by atoms with van der Waals surface area (Å²) < 4.78 is 12.2. The fourth-order valence-corrected chi connectivity index (χ4v) is 0.716. The lowest BCUT2D eigenvalue weighted by Gasteiger charge is -1.92. The van der Waals surface area contributed by atoms with Crippen LogP contribution in [0, 0.1) is 16.1 Å². The van der Waals surface area contributed by atoms with Gasteiger partial charge in [0.05, 0.1) is 17.2 Å². The largest absolute Gasteiger partial charge is 0.294 e. The van der Waals surface area contributed by atoms with Gasteiger partial charge in [-0.25, -0.2) is 4.98 Å². The molecule has 0 aliphatic rings. The first-order valence-electron chi connectivity index (χ1n) is 2.56. The van der Waals surface area contributed by atoms with Crippen LogP contribution in [0.15, 0.2) is 12.3 Å². The molecule has 0 radical (unpaired) electrons. The van der Waals surface area contributed by atoms with Crippen molar-refractivity contribution in [2.75, 3.05) is 0 Å². The van der Waals surface area contributed by atoms with Crippen LogP contribution in [0.3, 0.4) is 0 Å². The van der Waals surface area contributed by atoms with Crippen LogP contribution < -0.4 is 0 Å². The van der Waals surface area contributed by atoms with Gasteiger partial charge in [-0.1, -0.05) is 11.6 Å². The summed E-state index contributed by atoms with van der Waals surface area (Å²) in [6.07, 6.45) is 0.898. The maximum absolute atomic E-state index is 12.2. The highest BCUT2D eigenvalue weighted by molar-refractivity contribution is 6.32. The number of hydrogen-bond donors (Lipinski definition) is 0. The number of pyridine rings is 1. The molecule has 1 rings (SSSR count). The Labute approximate surface area is 65.8 Å². The quantitative estimate of drug-likeness (QED) is 0.372. The van der Waals surface area contributed by atoms with E-state index in [1.54, 1.807) is 0 Å². The van der Waals surface area contributed by atoms with Gasteiger partial charge in [0.1, 0.15) is 5.02 Å². The molecule has 0 aliphatic heterocycles. The second-order valence-electron chi connectivity index (χ2n) is 1.72. The van der Waals surface area contributed by atoms with Gasteiger partial charge in [-0.05, 0) is 0 Å². The zero-order chi connectivity index (χ0) is 8.43. The normalized spacial score (nSPS) is 9.64. The van der Waals surface area contributed by atoms with E-state index in [2.05, 4.69) is 4.98 Å². The molecule has 0 aliphatic carbocycles. The summed E-state index contributed by atoms with van der Waals surface area (Å²) in [5, 5.41) is 9.93. The minimum atomic E-state index is -0.916. The van der Waals surface area contributed by atoms with Crippen molar-refractivity contribution >= 4 is 17.3 Å².